The zero-order valence-corrected chi connectivity index (χ0v) is 13.0. The van der Waals surface area contributed by atoms with Crippen molar-refractivity contribution in [1.82, 2.24) is 25.1 Å². The maximum absolute atomic E-state index is 11.6. The largest absolute Gasteiger partial charge is 0.383 e. The monoisotopic (exact) mass is 354 g/mol. The Labute approximate surface area is 130 Å². The van der Waals surface area contributed by atoms with E-state index in [-0.39, 0.29) is 12.5 Å². The molecule has 0 aromatic carbocycles. The minimum atomic E-state index is -0.124. The molecule has 0 bridgehead atoms. The predicted octanol–water partition coefficient (Wildman–Crippen LogP) is 0.942. The molecule has 2 aromatic rings. The number of nitrogens with one attached hydrogen (secondary N) is 2. The molecule has 0 fully saturated rings. The fourth-order valence-electron chi connectivity index (χ4n) is 1.52. The van der Waals surface area contributed by atoms with Gasteiger partial charge in [0.25, 0.3) is 0 Å². The Balaban J connectivity index is 1.86. The van der Waals surface area contributed by atoms with Crippen LogP contribution >= 0.6 is 15.9 Å². The number of aromatic nitrogens is 4. The fraction of sp³-hybridized carbons (Fsp3) is 0.333. The smallest absolute Gasteiger partial charge is 0.241 e. The van der Waals surface area contributed by atoms with Gasteiger partial charge in [-0.25, -0.2) is 9.97 Å². The van der Waals surface area contributed by atoms with Crippen LogP contribution in [-0.2, 0) is 16.1 Å². The highest BCUT2D eigenvalue weighted by atomic mass is 79.9. The zero-order chi connectivity index (χ0) is 15.1. The molecule has 9 heteroatoms. The van der Waals surface area contributed by atoms with Crippen LogP contribution in [0.1, 0.15) is 0 Å². The zero-order valence-electron chi connectivity index (χ0n) is 11.4. The normalized spacial score (nSPS) is 10.4. The number of carbonyl (C=O) groups is 1. The first-order chi connectivity index (χ1) is 10.2. The number of methoxy groups -OCH3 is 1. The second-order valence-corrected chi connectivity index (χ2v) is 5.03. The SMILES string of the molecule is COCCNC(=O)Cn1cc(Nc2ncc(Br)cn2)cn1. The highest BCUT2D eigenvalue weighted by Crippen LogP contribution is 2.12. The molecule has 21 heavy (non-hydrogen) atoms. The summed E-state index contributed by atoms with van der Waals surface area (Å²) in [5.74, 6) is 0.337. The van der Waals surface area contributed by atoms with Crippen molar-refractivity contribution < 1.29 is 9.53 Å². The molecule has 0 aliphatic carbocycles. The van der Waals surface area contributed by atoms with Gasteiger partial charge in [0.1, 0.15) is 6.54 Å². The van der Waals surface area contributed by atoms with Crippen LogP contribution in [0.5, 0.6) is 0 Å². The lowest BCUT2D eigenvalue weighted by atomic mass is 10.5. The van der Waals surface area contributed by atoms with Crippen molar-refractivity contribution in [3.63, 3.8) is 0 Å². The molecule has 0 radical (unpaired) electrons. The van der Waals surface area contributed by atoms with Crippen molar-refractivity contribution in [2.24, 2.45) is 0 Å². The van der Waals surface area contributed by atoms with E-state index < -0.39 is 0 Å². The Morgan fingerprint density at radius 2 is 2.14 bits per heavy atom. The number of rotatable bonds is 7. The van der Waals surface area contributed by atoms with Crippen LogP contribution in [0.4, 0.5) is 11.6 Å². The van der Waals surface area contributed by atoms with Gasteiger partial charge in [-0.3, -0.25) is 9.48 Å². The first-order valence-corrected chi connectivity index (χ1v) is 6.99. The summed E-state index contributed by atoms with van der Waals surface area (Å²) in [7, 11) is 1.59. The summed E-state index contributed by atoms with van der Waals surface area (Å²) in [6.45, 7) is 1.11. The molecule has 2 N–H and O–H groups in total. The quantitative estimate of drug-likeness (QED) is 0.718. The highest BCUT2D eigenvalue weighted by molar-refractivity contribution is 9.10. The van der Waals surface area contributed by atoms with Crippen LogP contribution in [0.15, 0.2) is 29.3 Å². The van der Waals surface area contributed by atoms with E-state index in [2.05, 4.69) is 41.6 Å². The van der Waals surface area contributed by atoms with Crippen LogP contribution in [0, 0.1) is 0 Å². The summed E-state index contributed by atoms with van der Waals surface area (Å²) in [6, 6.07) is 0. The number of hydrogen-bond acceptors (Lipinski definition) is 6. The molecular weight excluding hydrogens is 340 g/mol. The lowest BCUT2D eigenvalue weighted by molar-refractivity contribution is -0.122. The van der Waals surface area contributed by atoms with E-state index in [1.54, 1.807) is 31.9 Å². The average molecular weight is 355 g/mol. The summed E-state index contributed by atoms with van der Waals surface area (Å²) < 4.78 is 7.19. The molecule has 8 nitrogen and oxygen atoms in total. The van der Waals surface area contributed by atoms with E-state index >= 15 is 0 Å². The molecule has 2 aromatic heterocycles. The molecule has 0 aliphatic heterocycles. The van der Waals surface area contributed by atoms with Gasteiger partial charge in [0.2, 0.25) is 11.9 Å². The molecule has 2 rings (SSSR count). The number of nitrogens with zero attached hydrogens (tertiary/aromatic N) is 4. The van der Waals surface area contributed by atoms with Gasteiger partial charge in [-0.05, 0) is 15.9 Å². The topological polar surface area (TPSA) is 94.0 Å². The van der Waals surface area contributed by atoms with Crippen molar-refractivity contribution in [1.29, 1.82) is 0 Å². The van der Waals surface area contributed by atoms with Gasteiger partial charge >= 0.3 is 0 Å². The van der Waals surface area contributed by atoms with E-state index in [9.17, 15) is 4.79 Å². The second kappa shape index (κ2) is 7.70. The van der Waals surface area contributed by atoms with Gasteiger partial charge < -0.3 is 15.4 Å². The average Bonchev–Trinajstić information content (AvgIpc) is 2.89. The highest BCUT2D eigenvalue weighted by Gasteiger charge is 2.05. The predicted molar refractivity (Wildman–Crippen MR) is 80.1 cm³/mol. The lowest BCUT2D eigenvalue weighted by Gasteiger charge is -2.04. The van der Waals surface area contributed by atoms with Gasteiger partial charge in [0, 0.05) is 32.2 Å². The number of anilines is 2. The van der Waals surface area contributed by atoms with Crippen molar-refractivity contribution in [2.75, 3.05) is 25.6 Å². The van der Waals surface area contributed by atoms with Crippen LogP contribution in [0.3, 0.4) is 0 Å². The fourth-order valence-corrected chi connectivity index (χ4v) is 1.72. The Morgan fingerprint density at radius 3 is 2.86 bits per heavy atom. The van der Waals surface area contributed by atoms with Crippen LogP contribution in [-0.4, -0.2) is 45.9 Å². The van der Waals surface area contributed by atoms with Gasteiger partial charge in [-0.1, -0.05) is 0 Å². The molecule has 112 valence electrons. The number of carbonyl (C=O) groups excluding carboxylic acids is 1. The summed E-state index contributed by atoms with van der Waals surface area (Å²) >= 11 is 3.27. The minimum absolute atomic E-state index is 0.124. The Morgan fingerprint density at radius 1 is 1.38 bits per heavy atom. The molecular formula is C12H15BrN6O2. The lowest BCUT2D eigenvalue weighted by Crippen LogP contribution is -2.30. The van der Waals surface area contributed by atoms with Crippen LogP contribution < -0.4 is 10.6 Å². The standard InChI is InChI=1S/C12H15BrN6O2/c1-21-3-2-14-11(20)8-19-7-10(6-17-19)18-12-15-4-9(13)5-16-12/h4-7H,2-3,8H2,1H3,(H,14,20)(H,15,16,18). The van der Waals surface area contributed by atoms with Crippen molar-refractivity contribution in [3.8, 4) is 0 Å². The van der Waals surface area contributed by atoms with Crippen molar-refractivity contribution >= 4 is 33.5 Å². The minimum Gasteiger partial charge on any atom is -0.383 e. The molecule has 0 spiro atoms. The first-order valence-electron chi connectivity index (χ1n) is 6.20. The van der Waals surface area contributed by atoms with E-state index in [1.165, 1.54) is 4.68 Å². The van der Waals surface area contributed by atoms with E-state index in [0.717, 1.165) is 4.47 Å². The Hall–Kier alpha value is -2.00. The number of halogens is 1. The third kappa shape index (κ3) is 5.12. The third-order valence-electron chi connectivity index (χ3n) is 2.44. The maximum atomic E-state index is 11.6. The van der Waals surface area contributed by atoms with Gasteiger partial charge in [-0.15, -0.1) is 0 Å². The molecule has 2 heterocycles. The van der Waals surface area contributed by atoms with E-state index in [4.69, 9.17) is 4.74 Å². The Kier molecular flexibility index (Phi) is 5.64. The molecule has 0 atom stereocenters. The first kappa shape index (κ1) is 15.4. The van der Waals surface area contributed by atoms with Crippen molar-refractivity contribution in [2.45, 2.75) is 6.54 Å². The van der Waals surface area contributed by atoms with Crippen molar-refractivity contribution in [3.05, 3.63) is 29.3 Å². The van der Waals surface area contributed by atoms with Gasteiger partial charge in [0.15, 0.2) is 0 Å². The second-order valence-electron chi connectivity index (χ2n) is 4.12. The molecule has 0 aliphatic rings. The summed E-state index contributed by atoms with van der Waals surface area (Å²) in [6.07, 6.45) is 6.60. The van der Waals surface area contributed by atoms with Gasteiger partial charge in [0.05, 0.1) is 23.0 Å². The number of ether oxygens (including phenoxy) is 1. The summed E-state index contributed by atoms with van der Waals surface area (Å²) in [4.78, 5) is 19.8. The van der Waals surface area contributed by atoms with Crippen LogP contribution in [0.2, 0.25) is 0 Å². The van der Waals surface area contributed by atoms with Gasteiger partial charge in [-0.2, -0.15) is 5.10 Å². The number of hydrogen-bond donors (Lipinski definition) is 2. The Bertz CT molecular complexity index is 586. The maximum Gasteiger partial charge on any atom is 0.241 e. The summed E-state index contributed by atoms with van der Waals surface area (Å²) in [5, 5.41) is 9.82. The molecule has 0 unspecified atom stereocenters. The molecule has 1 amide bonds. The van der Waals surface area contributed by atoms with E-state index in [1.807, 2.05) is 0 Å². The number of amides is 1. The molecule has 0 saturated heterocycles. The molecule has 0 saturated carbocycles. The van der Waals surface area contributed by atoms with E-state index in [0.29, 0.717) is 24.8 Å². The summed E-state index contributed by atoms with van der Waals surface area (Å²) in [5.41, 5.74) is 0.710. The van der Waals surface area contributed by atoms with Crippen LogP contribution in [0.25, 0.3) is 0 Å². The third-order valence-corrected chi connectivity index (χ3v) is 2.85.